The molecule has 17 heavy (non-hydrogen) atoms. The second kappa shape index (κ2) is 3.82. The Kier molecular flexibility index (Phi) is 2.18. The molecule has 0 bridgehead atoms. The third kappa shape index (κ3) is 1.92. The first kappa shape index (κ1) is 9.71. The normalized spacial score (nSPS) is 10.8. The van der Waals surface area contributed by atoms with Crippen LogP contribution in [0.1, 0.15) is 11.4 Å². The van der Waals surface area contributed by atoms with Crippen LogP contribution in [0.15, 0.2) is 30.7 Å². The van der Waals surface area contributed by atoms with Crippen LogP contribution in [0.4, 0.5) is 5.95 Å². The highest BCUT2D eigenvalue weighted by atomic mass is 15.1. The van der Waals surface area contributed by atoms with Crippen molar-refractivity contribution >= 4 is 17.1 Å². The summed E-state index contributed by atoms with van der Waals surface area (Å²) in [7, 11) is 0. The minimum atomic E-state index is 0.245. The summed E-state index contributed by atoms with van der Waals surface area (Å²) in [5, 5.41) is 0. The van der Waals surface area contributed by atoms with Crippen molar-refractivity contribution in [3.05, 3.63) is 42.1 Å². The third-order valence-electron chi connectivity index (χ3n) is 2.40. The molecule has 0 saturated carbocycles. The van der Waals surface area contributed by atoms with Crippen molar-refractivity contribution in [3.63, 3.8) is 0 Å². The number of rotatable bonds is 2. The number of aromatic nitrogens is 5. The third-order valence-corrected chi connectivity index (χ3v) is 2.40. The van der Waals surface area contributed by atoms with E-state index in [0.29, 0.717) is 12.1 Å². The van der Waals surface area contributed by atoms with Crippen molar-refractivity contribution in [2.24, 2.45) is 0 Å². The predicted octanol–water partition coefficient (Wildman–Crippen LogP) is 0.921. The van der Waals surface area contributed by atoms with E-state index in [2.05, 4.69) is 24.9 Å². The van der Waals surface area contributed by atoms with Crippen molar-refractivity contribution in [2.45, 2.75) is 6.42 Å². The van der Waals surface area contributed by atoms with Crippen LogP contribution < -0.4 is 5.73 Å². The summed E-state index contributed by atoms with van der Waals surface area (Å²) in [6, 6.07) is 3.90. The molecule has 6 heteroatoms. The van der Waals surface area contributed by atoms with Crippen molar-refractivity contribution in [1.82, 2.24) is 24.9 Å². The topological polar surface area (TPSA) is 93.4 Å². The molecule has 0 amide bonds. The largest absolute Gasteiger partial charge is 0.368 e. The molecule has 84 valence electrons. The number of H-pyrrole nitrogens is 1. The average molecular weight is 226 g/mol. The molecule has 0 unspecified atom stereocenters. The van der Waals surface area contributed by atoms with Gasteiger partial charge < -0.3 is 10.7 Å². The number of imidazole rings is 1. The van der Waals surface area contributed by atoms with Gasteiger partial charge in [0.25, 0.3) is 0 Å². The van der Waals surface area contributed by atoms with Gasteiger partial charge in [0.1, 0.15) is 11.3 Å². The summed E-state index contributed by atoms with van der Waals surface area (Å²) in [6.45, 7) is 0. The average Bonchev–Trinajstić information content (AvgIpc) is 2.71. The first-order valence-electron chi connectivity index (χ1n) is 5.17. The van der Waals surface area contributed by atoms with Crippen LogP contribution in [0.3, 0.4) is 0 Å². The summed E-state index contributed by atoms with van der Waals surface area (Å²) < 4.78 is 0. The minimum Gasteiger partial charge on any atom is -0.368 e. The standard InChI is InChI=1S/C11H10N6/c12-11-14-6-8-10(17-11)16-9(15-8)4-7-2-1-3-13-5-7/h1-3,5-6H,4H2,(H3,12,14,15,16,17). The monoisotopic (exact) mass is 226 g/mol. The lowest BCUT2D eigenvalue weighted by Gasteiger charge is -1.95. The number of hydrogen-bond donors (Lipinski definition) is 2. The van der Waals surface area contributed by atoms with E-state index < -0.39 is 0 Å². The Balaban J connectivity index is 1.96. The number of fused-ring (bicyclic) bond motifs is 1. The van der Waals surface area contributed by atoms with E-state index >= 15 is 0 Å². The van der Waals surface area contributed by atoms with Gasteiger partial charge in [0.05, 0.1) is 6.20 Å². The fraction of sp³-hybridized carbons (Fsp3) is 0.0909. The molecule has 3 N–H and O–H groups in total. The number of hydrogen-bond acceptors (Lipinski definition) is 5. The van der Waals surface area contributed by atoms with Gasteiger partial charge in [0.2, 0.25) is 5.95 Å². The van der Waals surface area contributed by atoms with Gasteiger partial charge in [0.15, 0.2) is 5.65 Å². The molecule has 3 aromatic rings. The zero-order chi connectivity index (χ0) is 11.7. The van der Waals surface area contributed by atoms with Crippen LogP contribution in [-0.4, -0.2) is 24.9 Å². The maximum absolute atomic E-state index is 5.51. The number of pyridine rings is 1. The Morgan fingerprint density at radius 1 is 1.24 bits per heavy atom. The predicted molar refractivity (Wildman–Crippen MR) is 63.1 cm³/mol. The summed E-state index contributed by atoms with van der Waals surface area (Å²) in [4.78, 5) is 19.5. The van der Waals surface area contributed by atoms with Gasteiger partial charge in [-0.15, -0.1) is 0 Å². The molecule has 3 heterocycles. The lowest BCUT2D eigenvalue weighted by atomic mass is 10.2. The zero-order valence-electron chi connectivity index (χ0n) is 8.96. The lowest BCUT2D eigenvalue weighted by Crippen LogP contribution is -1.93. The Hall–Kier alpha value is -2.50. The molecular weight excluding hydrogens is 216 g/mol. The Bertz CT molecular complexity index is 645. The van der Waals surface area contributed by atoms with Gasteiger partial charge in [-0.05, 0) is 11.6 Å². The van der Waals surface area contributed by atoms with Crippen LogP contribution in [-0.2, 0) is 6.42 Å². The molecule has 0 fully saturated rings. The molecule has 0 aliphatic heterocycles. The van der Waals surface area contributed by atoms with Crippen LogP contribution in [0, 0.1) is 0 Å². The first-order chi connectivity index (χ1) is 8.31. The number of nitrogens with zero attached hydrogens (tertiary/aromatic N) is 4. The fourth-order valence-corrected chi connectivity index (χ4v) is 1.65. The molecule has 0 radical (unpaired) electrons. The number of nitrogens with two attached hydrogens (primary N) is 1. The van der Waals surface area contributed by atoms with E-state index in [4.69, 9.17) is 5.73 Å². The maximum atomic E-state index is 5.51. The summed E-state index contributed by atoms with van der Waals surface area (Å²) in [5.74, 6) is 1.07. The summed E-state index contributed by atoms with van der Waals surface area (Å²) >= 11 is 0. The Morgan fingerprint density at radius 2 is 2.18 bits per heavy atom. The van der Waals surface area contributed by atoms with Crippen molar-refractivity contribution in [2.75, 3.05) is 5.73 Å². The Labute approximate surface area is 97.0 Å². The molecule has 0 saturated heterocycles. The highest BCUT2D eigenvalue weighted by Gasteiger charge is 2.05. The van der Waals surface area contributed by atoms with Crippen LogP contribution in [0.25, 0.3) is 11.2 Å². The molecular formula is C11H10N6. The molecule has 0 aliphatic rings. The van der Waals surface area contributed by atoms with E-state index in [1.165, 1.54) is 0 Å². The maximum Gasteiger partial charge on any atom is 0.222 e. The molecule has 0 spiro atoms. The van der Waals surface area contributed by atoms with Gasteiger partial charge in [0, 0.05) is 18.8 Å². The summed E-state index contributed by atoms with van der Waals surface area (Å²) in [6.07, 6.45) is 5.85. The van der Waals surface area contributed by atoms with Crippen molar-refractivity contribution in [3.8, 4) is 0 Å². The van der Waals surface area contributed by atoms with E-state index in [1.807, 2.05) is 18.3 Å². The second-order valence-electron chi connectivity index (χ2n) is 3.68. The minimum absolute atomic E-state index is 0.245. The van der Waals surface area contributed by atoms with Crippen LogP contribution >= 0.6 is 0 Å². The molecule has 3 aromatic heterocycles. The molecule has 0 aromatic carbocycles. The molecule has 0 atom stereocenters. The quantitative estimate of drug-likeness (QED) is 0.677. The number of nitrogens with one attached hydrogen (secondary N) is 1. The summed E-state index contributed by atoms with van der Waals surface area (Å²) in [5.41, 5.74) is 7.98. The van der Waals surface area contributed by atoms with Crippen molar-refractivity contribution in [1.29, 1.82) is 0 Å². The SMILES string of the molecule is Nc1ncc2nc(Cc3cccnc3)[nH]c2n1. The van der Waals surface area contributed by atoms with E-state index in [9.17, 15) is 0 Å². The second-order valence-corrected chi connectivity index (χ2v) is 3.68. The highest BCUT2D eigenvalue weighted by Crippen LogP contribution is 2.11. The highest BCUT2D eigenvalue weighted by molar-refractivity contribution is 5.70. The van der Waals surface area contributed by atoms with Gasteiger partial charge in [-0.25, -0.2) is 9.97 Å². The molecule has 0 aliphatic carbocycles. The van der Waals surface area contributed by atoms with Gasteiger partial charge in [-0.1, -0.05) is 6.07 Å². The fourth-order valence-electron chi connectivity index (χ4n) is 1.65. The molecule has 3 rings (SSSR count). The number of aromatic amines is 1. The lowest BCUT2D eigenvalue weighted by molar-refractivity contribution is 1.02. The van der Waals surface area contributed by atoms with Gasteiger partial charge in [-0.2, -0.15) is 4.98 Å². The van der Waals surface area contributed by atoms with Crippen molar-refractivity contribution < 1.29 is 0 Å². The zero-order valence-corrected chi connectivity index (χ0v) is 8.96. The van der Waals surface area contributed by atoms with E-state index in [0.717, 1.165) is 16.9 Å². The number of anilines is 1. The smallest absolute Gasteiger partial charge is 0.222 e. The Morgan fingerprint density at radius 3 is 3.00 bits per heavy atom. The van der Waals surface area contributed by atoms with Crippen LogP contribution in [0.5, 0.6) is 0 Å². The van der Waals surface area contributed by atoms with Gasteiger partial charge in [-0.3, -0.25) is 4.98 Å². The van der Waals surface area contributed by atoms with Crippen LogP contribution in [0.2, 0.25) is 0 Å². The van der Waals surface area contributed by atoms with E-state index in [1.54, 1.807) is 12.4 Å². The van der Waals surface area contributed by atoms with E-state index in [-0.39, 0.29) is 5.95 Å². The van der Waals surface area contributed by atoms with Gasteiger partial charge >= 0.3 is 0 Å². The number of nitrogen functional groups attached to an aromatic ring is 1. The molecule has 6 nitrogen and oxygen atoms in total. The first-order valence-corrected chi connectivity index (χ1v) is 5.17.